The number of rotatable bonds is 10. The van der Waals surface area contributed by atoms with Crippen molar-refractivity contribution in [2.75, 3.05) is 44.8 Å². The van der Waals surface area contributed by atoms with Gasteiger partial charge in [-0.3, -0.25) is 19.3 Å². The molecule has 3 rings (SSSR count). The van der Waals surface area contributed by atoms with Crippen molar-refractivity contribution in [3.8, 4) is 11.5 Å². The average molecular weight is 491 g/mol. The molecule has 1 aliphatic rings. The summed E-state index contributed by atoms with van der Waals surface area (Å²) in [5.74, 6) is -1.60. The maximum absolute atomic E-state index is 13.5. The summed E-state index contributed by atoms with van der Waals surface area (Å²) >= 11 is 0. The van der Waals surface area contributed by atoms with Crippen LogP contribution in [0.15, 0.2) is 36.4 Å². The molecule has 2 aromatic carbocycles. The maximum atomic E-state index is 13.5. The average Bonchev–Trinajstić information content (AvgIpc) is 3.03. The molecule has 0 aromatic heterocycles. The third-order valence-electron chi connectivity index (χ3n) is 5.14. The molecule has 0 spiro atoms. The molecular weight excluding hydrogens is 464 g/mol. The van der Waals surface area contributed by atoms with E-state index in [1.54, 1.807) is 25.1 Å². The molecule has 2 aromatic rings. The van der Waals surface area contributed by atoms with Crippen molar-refractivity contribution in [2.24, 2.45) is 0 Å². The van der Waals surface area contributed by atoms with Crippen molar-refractivity contribution < 1.29 is 37.0 Å². The van der Waals surface area contributed by atoms with Gasteiger partial charge in [0.05, 0.1) is 42.3 Å². The van der Waals surface area contributed by atoms with E-state index >= 15 is 0 Å². The van der Waals surface area contributed by atoms with E-state index in [4.69, 9.17) is 14.2 Å². The van der Waals surface area contributed by atoms with Crippen LogP contribution in [0.4, 0.5) is 5.69 Å². The fraction of sp³-hybridized carbons (Fsp3) is 0.348. The predicted molar refractivity (Wildman–Crippen MR) is 124 cm³/mol. The molecule has 0 unspecified atom stereocenters. The zero-order valence-corrected chi connectivity index (χ0v) is 20.1. The van der Waals surface area contributed by atoms with Crippen molar-refractivity contribution in [1.82, 2.24) is 4.90 Å². The predicted octanol–water partition coefficient (Wildman–Crippen LogP) is 2.06. The highest BCUT2D eigenvalue weighted by Gasteiger charge is 2.43. The number of ether oxygens (including phenoxy) is 3. The minimum atomic E-state index is -3.62. The number of nitrogens with zero attached hydrogens (tertiary/aromatic N) is 1. The topological polar surface area (TPSA) is 128 Å². The van der Waals surface area contributed by atoms with Crippen molar-refractivity contribution in [3.05, 3.63) is 53.1 Å². The van der Waals surface area contributed by atoms with Crippen molar-refractivity contribution in [2.45, 2.75) is 13.0 Å². The summed E-state index contributed by atoms with van der Waals surface area (Å²) in [7, 11) is -0.804. The molecule has 10 nitrogen and oxygen atoms in total. The van der Waals surface area contributed by atoms with E-state index in [0.29, 0.717) is 23.7 Å². The van der Waals surface area contributed by atoms with Gasteiger partial charge in [-0.25, -0.2) is 8.42 Å². The van der Waals surface area contributed by atoms with Gasteiger partial charge in [-0.1, -0.05) is 12.1 Å². The first-order chi connectivity index (χ1) is 16.1. The zero-order valence-electron chi connectivity index (χ0n) is 19.3. The molecule has 1 atom stereocenters. The minimum Gasteiger partial charge on any atom is -0.493 e. The fourth-order valence-electron chi connectivity index (χ4n) is 3.78. The second-order valence-corrected chi connectivity index (χ2v) is 9.83. The SMILES string of the molecule is CCOc1cc([C@@H](CS(C)(=O)=O)N2C(=O)c3cccc(NC(=O)COC)c3C2=O)ccc1OC. The van der Waals surface area contributed by atoms with Crippen LogP contribution in [-0.4, -0.2) is 70.5 Å². The third kappa shape index (κ3) is 5.20. The van der Waals surface area contributed by atoms with Crippen LogP contribution in [0.1, 0.15) is 39.2 Å². The number of hydrogen-bond donors (Lipinski definition) is 1. The highest BCUT2D eigenvalue weighted by Crippen LogP contribution is 2.38. The lowest BCUT2D eigenvalue weighted by Crippen LogP contribution is -2.37. The lowest BCUT2D eigenvalue weighted by molar-refractivity contribution is -0.119. The molecule has 1 N–H and O–H groups in total. The summed E-state index contributed by atoms with van der Waals surface area (Å²) in [6, 6.07) is 8.08. The molecule has 0 radical (unpaired) electrons. The third-order valence-corrected chi connectivity index (χ3v) is 6.06. The summed E-state index contributed by atoms with van der Waals surface area (Å²) in [6.07, 6.45) is 1.03. The Kier molecular flexibility index (Phi) is 7.57. The molecule has 0 aliphatic carbocycles. The molecule has 0 saturated heterocycles. The fourth-order valence-corrected chi connectivity index (χ4v) is 4.70. The van der Waals surface area contributed by atoms with Crippen molar-refractivity contribution in [3.63, 3.8) is 0 Å². The van der Waals surface area contributed by atoms with Crippen LogP contribution in [0.5, 0.6) is 11.5 Å². The van der Waals surface area contributed by atoms with Gasteiger partial charge >= 0.3 is 0 Å². The number of anilines is 1. The second kappa shape index (κ2) is 10.2. The van der Waals surface area contributed by atoms with E-state index in [1.165, 1.54) is 32.4 Å². The Morgan fingerprint density at radius 3 is 2.44 bits per heavy atom. The van der Waals surface area contributed by atoms with Gasteiger partial charge < -0.3 is 19.5 Å². The van der Waals surface area contributed by atoms with Gasteiger partial charge in [0.25, 0.3) is 11.8 Å². The summed E-state index contributed by atoms with van der Waals surface area (Å²) in [5, 5.41) is 2.56. The molecule has 0 saturated carbocycles. The molecule has 0 bridgehead atoms. The lowest BCUT2D eigenvalue weighted by Gasteiger charge is -2.27. The number of amides is 3. The van der Waals surface area contributed by atoms with Gasteiger partial charge in [-0.05, 0) is 36.8 Å². The van der Waals surface area contributed by atoms with Gasteiger partial charge in [0, 0.05) is 13.4 Å². The van der Waals surface area contributed by atoms with Gasteiger partial charge in [-0.15, -0.1) is 0 Å². The van der Waals surface area contributed by atoms with Crippen LogP contribution in [0.2, 0.25) is 0 Å². The Morgan fingerprint density at radius 2 is 1.82 bits per heavy atom. The lowest BCUT2D eigenvalue weighted by atomic mass is 10.1. The standard InChI is InChI=1S/C23H26N2O8S/c1-5-33-19-11-14(9-10-18(19)32-3)17(13-34(4,29)30)25-22(27)15-7-6-8-16(21(15)23(25)28)24-20(26)12-31-2/h6-11,17H,5,12-13H2,1-4H3,(H,24,26)/t17-/m1/s1. The van der Waals surface area contributed by atoms with Crippen LogP contribution < -0.4 is 14.8 Å². The number of carbonyl (C=O) groups is 3. The van der Waals surface area contributed by atoms with E-state index in [-0.39, 0.29) is 23.4 Å². The van der Waals surface area contributed by atoms with Gasteiger partial charge in [0.15, 0.2) is 11.5 Å². The number of methoxy groups -OCH3 is 2. The van der Waals surface area contributed by atoms with Crippen molar-refractivity contribution >= 4 is 33.2 Å². The molecular formula is C23H26N2O8S. The molecule has 11 heteroatoms. The van der Waals surface area contributed by atoms with Gasteiger partial charge in [0.1, 0.15) is 16.4 Å². The van der Waals surface area contributed by atoms with E-state index in [1.807, 2.05) is 0 Å². The first-order valence-corrected chi connectivity index (χ1v) is 12.5. The molecule has 1 heterocycles. The highest BCUT2D eigenvalue weighted by molar-refractivity contribution is 7.90. The largest absolute Gasteiger partial charge is 0.493 e. The Bertz CT molecular complexity index is 1230. The van der Waals surface area contributed by atoms with Crippen LogP contribution >= 0.6 is 0 Å². The monoisotopic (exact) mass is 490 g/mol. The quantitative estimate of drug-likeness (QED) is 0.501. The number of hydrogen-bond acceptors (Lipinski definition) is 8. The second-order valence-electron chi connectivity index (χ2n) is 7.64. The van der Waals surface area contributed by atoms with Crippen LogP contribution in [0, 0.1) is 0 Å². The minimum absolute atomic E-state index is 0.00556. The Balaban J connectivity index is 2.09. The number of fused-ring (bicyclic) bond motifs is 1. The first-order valence-electron chi connectivity index (χ1n) is 10.4. The smallest absolute Gasteiger partial charge is 0.264 e. The molecule has 182 valence electrons. The number of nitrogens with one attached hydrogen (secondary N) is 1. The zero-order chi connectivity index (χ0) is 25.0. The van der Waals surface area contributed by atoms with Crippen LogP contribution in [-0.2, 0) is 19.4 Å². The van der Waals surface area contributed by atoms with Gasteiger partial charge in [-0.2, -0.15) is 0 Å². The maximum Gasteiger partial charge on any atom is 0.264 e. The normalized spacial score (nSPS) is 14.1. The van der Waals surface area contributed by atoms with Gasteiger partial charge in [0.2, 0.25) is 5.91 Å². The summed E-state index contributed by atoms with van der Waals surface area (Å²) < 4.78 is 40.3. The highest BCUT2D eigenvalue weighted by atomic mass is 32.2. The summed E-state index contributed by atoms with van der Waals surface area (Å²) in [6.45, 7) is 1.87. The number of carbonyl (C=O) groups excluding carboxylic acids is 3. The molecule has 0 fully saturated rings. The summed E-state index contributed by atoms with van der Waals surface area (Å²) in [5.41, 5.74) is 0.587. The molecule has 1 aliphatic heterocycles. The molecule has 3 amide bonds. The van der Waals surface area contributed by atoms with Crippen LogP contribution in [0.25, 0.3) is 0 Å². The number of benzene rings is 2. The van der Waals surface area contributed by atoms with Crippen LogP contribution in [0.3, 0.4) is 0 Å². The van der Waals surface area contributed by atoms with Crippen molar-refractivity contribution in [1.29, 1.82) is 0 Å². The van der Waals surface area contributed by atoms with E-state index in [0.717, 1.165) is 11.2 Å². The Labute approximate surface area is 197 Å². The van der Waals surface area contributed by atoms with E-state index in [2.05, 4.69) is 5.32 Å². The number of sulfone groups is 1. The molecule has 34 heavy (non-hydrogen) atoms. The summed E-state index contributed by atoms with van der Waals surface area (Å²) in [4.78, 5) is 39.7. The van der Waals surface area contributed by atoms with E-state index in [9.17, 15) is 22.8 Å². The van der Waals surface area contributed by atoms with E-state index < -0.39 is 39.4 Å². The Morgan fingerprint density at radius 1 is 1.09 bits per heavy atom. The number of imide groups is 1. The Hall–Kier alpha value is -3.44. The first kappa shape index (κ1) is 25.2.